The minimum Gasteiger partial charge on any atom is -0.239 e. The maximum absolute atomic E-state index is 12.9. The minimum absolute atomic E-state index is 0.194. The van der Waals surface area contributed by atoms with Crippen molar-refractivity contribution < 1.29 is 8.78 Å². The van der Waals surface area contributed by atoms with Crippen molar-refractivity contribution in [2.24, 2.45) is 0 Å². The molecule has 0 atom stereocenters. The number of halogens is 2. The van der Waals surface area contributed by atoms with Crippen LogP contribution in [0.15, 0.2) is 30.5 Å². The first-order chi connectivity index (χ1) is 7.19. The van der Waals surface area contributed by atoms with Crippen LogP contribution in [-0.4, -0.2) is 9.78 Å². The van der Waals surface area contributed by atoms with Gasteiger partial charge in [0.15, 0.2) is 5.69 Å². The molecule has 0 spiro atoms. The first kappa shape index (κ1) is 9.34. The quantitative estimate of drug-likeness (QED) is 0.714. The van der Waals surface area contributed by atoms with Gasteiger partial charge < -0.3 is 0 Å². The lowest BCUT2D eigenvalue weighted by Gasteiger charge is -2.00. The van der Waals surface area contributed by atoms with Gasteiger partial charge in [-0.1, -0.05) is 0 Å². The van der Waals surface area contributed by atoms with E-state index in [0.717, 1.165) is 18.2 Å². The minimum atomic E-state index is -0.681. The second-order valence-electron chi connectivity index (χ2n) is 2.88. The number of hydrogen-bond donors (Lipinski definition) is 0. The lowest BCUT2D eigenvalue weighted by Crippen LogP contribution is -1.97. The second-order valence-corrected chi connectivity index (χ2v) is 2.88. The van der Waals surface area contributed by atoms with Crippen LogP contribution < -0.4 is 0 Å². The van der Waals surface area contributed by atoms with Crippen molar-refractivity contribution in [1.29, 1.82) is 5.26 Å². The molecule has 15 heavy (non-hydrogen) atoms. The summed E-state index contributed by atoms with van der Waals surface area (Å²) in [5.74, 6) is -1.36. The molecule has 0 aliphatic rings. The summed E-state index contributed by atoms with van der Waals surface area (Å²) < 4.78 is 27.0. The molecule has 0 radical (unpaired) electrons. The van der Waals surface area contributed by atoms with Gasteiger partial charge >= 0.3 is 0 Å². The van der Waals surface area contributed by atoms with Crippen LogP contribution in [-0.2, 0) is 0 Å². The van der Waals surface area contributed by atoms with E-state index in [4.69, 9.17) is 5.26 Å². The molecule has 0 saturated heterocycles. The van der Waals surface area contributed by atoms with Crippen LogP contribution in [0.2, 0.25) is 0 Å². The molecule has 0 bridgehead atoms. The Morgan fingerprint density at radius 3 is 2.40 bits per heavy atom. The Labute approximate surface area is 84.2 Å². The molecule has 1 aromatic carbocycles. The van der Waals surface area contributed by atoms with Gasteiger partial charge in [0.2, 0.25) is 0 Å². The fraction of sp³-hybridized carbons (Fsp3) is 0. The molecule has 0 aliphatic heterocycles. The summed E-state index contributed by atoms with van der Waals surface area (Å²) in [4.78, 5) is 0. The molecule has 0 saturated carbocycles. The van der Waals surface area contributed by atoms with Gasteiger partial charge in [-0.25, -0.2) is 13.5 Å². The van der Waals surface area contributed by atoms with Gasteiger partial charge in [-0.2, -0.15) is 10.4 Å². The zero-order valence-corrected chi connectivity index (χ0v) is 7.48. The molecule has 0 aliphatic carbocycles. The molecule has 0 fully saturated rings. The highest BCUT2D eigenvalue weighted by Crippen LogP contribution is 2.12. The summed E-state index contributed by atoms with van der Waals surface area (Å²) in [6, 6.07) is 6.34. The van der Waals surface area contributed by atoms with Crippen LogP contribution in [0.5, 0.6) is 0 Å². The zero-order chi connectivity index (χ0) is 10.8. The van der Waals surface area contributed by atoms with Crippen LogP contribution in [0.25, 0.3) is 5.69 Å². The molecule has 1 heterocycles. The van der Waals surface area contributed by atoms with Crippen LogP contribution in [0.4, 0.5) is 8.78 Å². The van der Waals surface area contributed by atoms with Gasteiger partial charge in [0.25, 0.3) is 0 Å². The zero-order valence-electron chi connectivity index (χ0n) is 7.48. The van der Waals surface area contributed by atoms with E-state index in [1.165, 1.54) is 16.9 Å². The van der Waals surface area contributed by atoms with Crippen LogP contribution in [0, 0.1) is 23.0 Å². The van der Waals surface area contributed by atoms with Gasteiger partial charge in [-0.05, 0) is 18.2 Å². The Bertz CT molecular complexity index is 520. The molecular formula is C10H5F2N3. The molecular weight excluding hydrogens is 200 g/mol. The van der Waals surface area contributed by atoms with E-state index in [1.54, 1.807) is 0 Å². The highest BCUT2D eigenvalue weighted by molar-refractivity contribution is 5.33. The largest absolute Gasteiger partial charge is 0.239 e. The van der Waals surface area contributed by atoms with E-state index in [2.05, 4.69) is 5.10 Å². The monoisotopic (exact) mass is 205 g/mol. The van der Waals surface area contributed by atoms with Gasteiger partial charge in [0.1, 0.15) is 17.7 Å². The number of nitriles is 1. The predicted octanol–water partition coefficient (Wildman–Crippen LogP) is 2.02. The van der Waals surface area contributed by atoms with E-state index in [-0.39, 0.29) is 11.4 Å². The third-order valence-electron chi connectivity index (χ3n) is 1.82. The lowest BCUT2D eigenvalue weighted by atomic mass is 10.3. The van der Waals surface area contributed by atoms with Crippen molar-refractivity contribution in [3.8, 4) is 11.8 Å². The predicted molar refractivity (Wildman–Crippen MR) is 48.2 cm³/mol. The van der Waals surface area contributed by atoms with Crippen molar-refractivity contribution in [3.05, 3.63) is 47.8 Å². The number of rotatable bonds is 1. The highest BCUT2D eigenvalue weighted by Gasteiger charge is 2.04. The summed E-state index contributed by atoms with van der Waals surface area (Å²) in [7, 11) is 0. The third kappa shape index (κ3) is 1.83. The number of aromatic nitrogens is 2. The number of nitrogens with zero attached hydrogens (tertiary/aromatic N) is 3. The summed E-state index contributed by atoms with van der Waals surface area (Å²) >= 11 is 0. The standard InChI is InChI=1S/C10H5F2N3/c11-7-3-8(12)5-10(4-7)15-2-1-9(6-13)14-15/h1-5H. The molecule has 0 N–H and O–H groups in total. The highest BCUT2D eigenvalue weighted by atomic mass is 19.1. The smallest absolute Gasteiger partial charge is 0.162 e. The first-order valence-corrected chi connectivity index (χ1v) is 4.11. The van der Waals surface area contributed by atoms with Gasteiger partial charge in [-0.15, -0.1) is 0 Å². The third-order valence-corrected chi connectivity index (χ3v) is 1.82. The van der Waals surface area contributed by atoms with E-state index in [9.17, 15) is 8.78 Å². The lowest BCUT2D eigenvalue weighted by molar-refractivity contribution is 0.580. The Balaban J connectivity index is 2.50. The average molecular weight is 205 g/mol. The Morgan fingerprint density at radius 2 is 1.87 bits per heavy atom. The van der Waals surface area contributed by atoms with Crippen molar-refractivity contribution in [2.45, 2.75) is 0 Å². The summed E-state index contributed by atoms with van der Waals surface area (Å²) in [6.45, 7) is 0. The topological polar surface area (TPSA) is 41.6 Å². The van der Waals surface area contributed by atoms with Gasteiger partial charge in [0, 0.05) is 12.3 Å². The maximum atomic E-state index is 12.9. The molecule has 0 unspecified atom stereocenters. The fourth-order valence-electron chi connectivity index (χ4n) is 1.20. The molecule has 3 nitrogen and oxygen atoms in total. The summed E-state index contributed by atoms with van der Waals surface area (Å²) in [5, 5.41) is 12.3. The van der Waals surface area contributed by atoms with Crippen molar-refractivity contribution in [1.82, 2.24) is 9.78 Å². The van der Waals surface area contributed by atoms with Crippen LogP contribution in [0.3, 0.4) is 0 Å². The van der Waals surface area contributed by atoms with Crippen LogP contribution in [0.1, 0.15) is 5.69 Å². The molecule has 2 aromatic rings. The van der Waals surface area contributed by atoms with Crippen LogP contribution >= 0.6 is 0 Å². The van der Waals surface area contributed by atoms with E-state index >= 15 is 0 Å². The summed E-state index contributed by atoms with van der Waals surface area (Å²) in [6.07, 6.45) is 1.47. The Morgan fingerprint density at radius 1 is 1.20 bits per heavy atom. The number of benzene rings is 1. The normalized spacial score (nSPS) is 9.93. The fourth-order valence-corrected chi connectivity index (χ4v) is 1.20. The van der Waals surface area contributed by atoms with E-state index in [0.29, 0.717) is 0 Å². The first-order valence-electron chi connectivity index (χ1n) is 4.11. The van der Waals surface area contributed by atoms with E-state index in [1.807, 2.05) is 6.07 Å². The SMILES string of the molecule is N#Cc1ccn(-c2cc(F)cc(F)c2)n1. The molecule has 0 amide bonds. The van der Waals surface area contributed by atoms with Gasteiger partial charge in [0.05, 0.1) is 5.69 Å². The van der Waals surface area contributed by atoms with Crippen molar-refractivity contribution >= 4 is 0 Å². The van der Waals surface area contributed by atoms with Crippen molar-refractivity contribution in [3.63, 3.8) is 0 Å². The Hall–Kier alpha value is -2.22. The maximum Gasteiger partial charge on any atom is 0.162 e. The molecule has 5 heteroatoms. The van der Waals surface area contributed by atoms with Crippen molar-refractivity contribution in [2.75, 3.05) is 0 Å². The van der Waals surface area contributed by atoms with Gasteiger partial charge in [-0.3, -0.25) is 0 Å². The molecule has 74 valence electrons. The summed E-state index contributed by atoms with van der Waals surface area (Å²) in [5.41, 5.74) is 0.439. The second kappa shape index (κ2) is 3.50. The Kier molecular flexibility index (Phi) is 2.18. The van der Waals surface area contributed by atoms with E-state index < -0.39 is 11.6 Å². The molecule has 2 rings (SSSR count). The molecule has 1 aromatic heterocycles. The number of hydrogen-bond acceptors (Lipinski definition) is 2. The average Bonchev–Trinajstić information content (AvgIpc) is 2.64.